The van der Waals surface area contributed by atoms with Gasteiger partial charge >= 0.3 is 0 Å². The minimum absolute atomic E-state index is 0.101. The molecule has 1 aliphatic heterocycles. The van der Waals surface area contributed by atoms with Crippen molar-refractivity contribution in [1.29, 1.82) is 5.26 Å². The predicted octanol–water partition coefficient (Wildman–Crippen LogP) is 2.43. The quantitative estimate of drug-likeness (QED) is 0.910. The second-order valence-electron chi connectivity index (χ2n) is 5.19. The summed E-state index contributed by atoms with van der Waals surface area (Å²) < 4.78 is 13.3. The first-order valence-corrected chi connectivity index (χ1v) is 6.72. The first kappa shape index (κ1) is 14.0. The lowest BCUT2D eigenvalue weighted by Crippen LogP contribution is -2.45. The molecular formula is C15H19FN2O. The van der Waals surface area contributed by atoms with Gasteiger partial charge in [0.05, 0.1) is 17.7 Å². The molecule has 1 aromatic carbocycles. The molecule has 0 aromatic heterocycles. The van der Waals surface area contributed by atoms with Crippen LogP contribution in [-0.4, -0.2) is 28.7 Å². The highest BCUT2D eigenvalue weighted by molar-refractivity contribution is 5.37. The first-order valence-electron chi connectivity index (χ1n) is 6.72. The summed E-state index contributed by atoms with van der Waals surface area (Å²) >= 11 is 0. The second kappa shape index (κ2) is 6.14. The zero-order valence-corrected chi connectivity index (χ0v) is 11.1. The Hall–Kier alpha value is -1.44. The van der Waals surface area contributed by atoms with Gasteiger partial charge in [-0.05, 0) is 50.1 Å². The van der Waals surface area contributed by atoms with Gasteiger partial charge in [-0.1, -0.05) is 6.42 Å². The molecule has 1 heterocycles. The van der Waals surface area contributed by atoms with Crippen LogP contribution >= 0.6 is 0 Å². The van der Waals surface area contributed by atoms with Crippen LogP contribution in [0.2, 0.25) is 0 Å². The molecule has 0 radical (unpaired) electrons. The SMILES string of the molecule is CC(O)C1CCCCN1Cc1cc(F)ccc1C#N. The van der Waals surface area contributed by atoms with Crippen molar-refractivity contribution >= 4 is 0 Å². The molecule has 3 nitrogen and oxygen atoms in total. The number of nitrogens with zero attached hydrogens (tertiary/aromatic N) is 2. The summed E-state index contributed by atoms with van der Waals surface area (Å²) in [6.45, 7) is 3.20. The Morgan fingerprint density at radius 3 is 3.00 bits per heavy atom. The molecule has 2 rings (SSSR count). The van der Waals surface area contributed by atoms with Gasteiger partial charge in [0.15, 0.2) is 0 Å². The lowest BCUT2D eigenvalue weighted by atomic mass is 9.96. The third kappa shape index (κ3) is 3.31. The van der Waals surface area contributed by atoms with E-state index in [-0.39, 0.29) is 11.9 Å². The number of halogens is 1. The van der Waals surface area contributed by atoms with E-state index in [9.17, 15) is 9.50 Å². The number of aliphatic hydroxyl groups excluding tert-OH is 1. The molecule has 1 aromatic rings. The fourth-order valence-electron chi connectivity index (χ4n) is 2.78. The average molecular weight is 262 g/mol. The van der Waals surface area contributed by atoms with Crippen LogP contribution in [0.25, 0.3) is 0 Å². The summed E-state index contributed by atoms with van der Waals surface area (Å²) in [5.74, 6) is -0.320. The molecule has 4 heteroatoms. The smallest absolute Gasteiger partial charge is 0.123 e. The van der Waals surface area contributed by atoms with Crippen molar-refractivity contribution in [3.63, 3.8) is 0 Å². The molecule has 1 aliphatic rings. The van der Waals surface area contributed by atoms with Crippen LogP contribution in [0.5, 0.6) is 0 Å². The normalized spacial score (nSPS) is 21.9. The van der Waals surface area contributed by atoms with E-state index >= 15 is 0 Å². The van der Waals surface area contributed by atoms with Gasteiger partial charge in [-0.25, -0.2) is 4.39 Å². The van der Waals surface area contributed by atoms with Crippen molar-refractivity contribution in [3.8, 4) is 6.07 Å². The van der Waals surface area contributed by atoms with Crippen molar-refractivity contribution in [2.75, 3.05) is 6.54 Å². The van der Waals surface area contributed by atoms with E-state index in [1.165, 1.54) is 18.2 Å². The maximum Gasteiger partial charge on any atom is 0.123 e. The molecule has 19 heavy (non-hydrogen) atoms. The molecule has 102 valence electrons. The molecule has 1 saturated heterocycles. The maximum absolute atomic E-state index is 13.3. The largest absolute Gasteiger partial charge is 0.392 e. The van der Waals surface area contributed by atoms with Gasteiger partial charge in [0.2, 0.25) is 0 Å². The Morgan fingerprint density at radius 1 is 1.53 bits per heavy atom. The summed E-state index contributed by atoms with van der Waals surface area (Å²) in [4.78, 5) is 2.16. The van der Waals surface area contributed by atoms with Crippen LogP contribution in [0.3, 0.4) is 0 Å². The minimum atomic E-state index is -0.403. The van der Waals surface area contributed by atoms with Crippen LogP contribution in [0.1, 0.15) is 37.3 Å². The lowest BCUT2D eigenvalue weighted by molar-refractivity contribution is 0.0316. The van der Waals surface area contributed by atoms with Crippen molar-refractivity contribution in [1.82, 2.24) is 4.90 Å². The third-order valence-electron chi connectivity index (χ3n) is 3.78. The van der Waals surface area contributed by atoms with Gasteiger partial charge in [-0.15, -0.1) is 0 Å². The molecular weight excluding hydrogens is 243 g/mol. The monoisotopic (exact) mass is 262 g/mol. The molecule has 2 atom stereocenters. The molecule has 0 bridgehead atoms. The highest BCUT2D eigenvalue weighted by Gasteiger charge is 2.26. The van der Waals surface area contributed by atoms with Crippen molar-refractivity contribution in [3.05, 3.63) is 35.1 Å². The molecule has 0 amide bonds. The maximum atomic E-state index is 13.3. The predicted molar refractivity (Wildman–Crippen MR) is 70.8 cm³/mol. The van der Waals surface area contributed by atoms with E-state index in [4.69, 9.17) is 5.26 Å². The average Bonchev–Trinajstić information content (AvgIpc) is 2.39. The second-order valence-corrected chi connectivity index (χ2v) is 5.19. The fourth-order valence-corrected chi connectivity index (χ4v) is 2.78. The summed E-state index contributed by atoms with van der Waals surface area (Å²) in [5, 5.41) is 18.9. The number of piperidine rings is 1. The molecule has 2 unspecified atom stereocenters. The highest BCUT2D eigenvalue weighted by Crippen LogP contribution is 2.23. The van der Waals surface area contributed by atoms with E-state index in [1.54, 1.807) is 6.92 Å². The number of hydrogen-bond donors (Lipinski definition) is 1. The van der Waals surface area contributed by atoms with E-state index in [2.05, 4.69) is 11.0 Å². The Balaban J connectivity index is 2.19. The van der Waals surface area contributed by atoms with Crippen molar-refractivity contribution < 1.29 is 9.50 Å². The fraction of sp³-hybridized carbons (Fsp3) is 0.533. The molecule has 0 aliphatic carbocycles. The van der Waals surface area contributed by atoms with E-state index in [1.807, 2.05) is 0 Å². The lowest BCUT2D eigenvalue weighted by Gasteiger charge is -2.37. The van der Waals surface area contributed by atoms with Gasteiger partial charge in [-0.3, -0.25) is 4.90 Å². The summed E-state index contributed by atoms with van der Waals surface area (Å²) in [5.41, 5.74) is 1.21. The summed E-state index contributed by atoms with van der Waals surface area (Å²) in [6.07, 6.45) is 2.75. The Kier molecular flexibility index (Phi) is 4.52. The Labute approximate surface area is 113 Å². The van der Waals surface area contributed by atoms with Crippen LogP contribution < -0.4 is 0 Å². The van der Waals surface area contributed by atoms with E-state index in [0.717, 1.165) is 25.8 Å². The van der Waals surface area contributed by atoms with Crippen molar-refractivity contribution in [2.24, 2.45) is 0 Å². The summed E-state index contributed by atoms with van der Waals surface area (Å²) in [6, 6.07) is 6.45. The van der Waals surface area contributed by atoms with Crippen LogP contribution in [0, 0.1) is 17.1 Å². The number of aliphatic hydroxyl groups is 1. The summed E-state index contributed by atoms with van der Waals surface area (Å²) in [7, 11) is 0. The number of likely N-dealkylation sites (tertiary alicyclic amines) is 1. The number of hydrogen-bond acceptors (Lipinski definition) is 3. The van der Waals surface area contributed by atoms with Gasteiger partial charge in [0.25, 0.3) is 0 Å². The first-order chi connectivity index (χ1) is 9.11. The Morgan fingerprint density at radius 2 is 2.32 bits per heavy atom. The van der Waals surface area contributed by atoms with Gasteiger partial charge in [0, 0.05) is 12.6 Å². The third-order valence-corrected chi connectivity index (χ3v) is 3.78. The Bertz CT molecular complexity index is 482. The zero-order valence-electron chi connectivity index (χ0n) is 11.1. The topological polar surface area (TPSA) is 47.3 Å². The van der Waals surface area contributed by atoms with Crippen molar-refractivity contribution in [2.45, 2.75) is 44.9 Å². The standard InChI is InChI=1S/C15H19FN2O/c1-11(19)15-4-2-3-7-18(15)10-13-8-14(16)6-5-12(13)9-17/h5-6,8,11,15,19H,2-4,7,10H2,1H3. The van der Waals surface area contributed by atoms with Gasteiger partial charge in [0.1, 0.15) is 5.82 Å². The van der Waals surface area contributed by atoms with Gasteiger partial charge < -0.3 is 5.11 Å². The zero-order chi connectivity index (χ0) is 13.8. The number of benzene rings is 1. The van der Waals surface area contributed by atoms with Crippen LogP contribution in [0.15, 0.2) is 18.2 Å². The highest BCUT2D eigenvalue weighted by atomic mass is 19.1. The molecule has 0 saturated carbocycles. The van der Waals surface area contributed by atoms with E-state index < -0.39 is 6.10 Å². The van der Waals surface area contributed by atoms with Crippen LogP contribution in [0.4, 0.5) is 4.39 Å². The van der Waals surface area contributed by atoms with E-state index in [0.29, 0.717) is 17.7 Å². The minimum Gasteiger partial charge on any atom is -0.392 e. The van der Waals surface area contributed by atoms with Crippen LogP contribution in [-0.2, 0) is 6.54 Å². The number of nitriles is 1. The van der Waals surface area contributed by atoms with Gasteiger partial charge in [-0.2, -0.15) is 5.26 Å². The molecule has 1 N–H and O–H groups in total. The number of rotatable bonds is 3. The molecule has 0 spiro atoms. The molecule has 1 fully saturated rings.